The SMILES string of the molecule is Cc1ccc(C(N)=O)cc1-c1cc2cnc(NC(C)C)nc2cc1O. The zero-order valence-corrected chi connectivity index (χ0v) is 14.4. The van der Waals surface area contributed by atoms with E-state index in [-0.39, 0.29) is 11.8 Å². The van der Waals surface area contributed by atoms with Crippen LogP contribution < -0.4 is 11.1 Å². The predicted molar refractivity (Wildman–Crippen MR) is 98.7 cm³/mol. The average molecular weight is 336 g/mol. The first-order valence-corrected chi connectivity index (χ1v) is 8.02. The van der Waals surface area contributed by atoms with E-state index in [1.54, 1.807) is 24.4 Å². The third-order valence-corrected chi connectivity index (χ3v) is 3.93. The van der Waals surface area contributed by atoms with Crippen molar-refractivity contribution in [2.45, 2.75) is 26.8 Å². The molecule has 0 saturated heterocycles. The highest BCUT2D eigenvalue weighted by atomic mass is 16.3. The van der Waals surface area contributed by atoms with Crippen molar-refractivity contribution in [1.29, 1.82) is 0 Å². The van der Waals surface area contributed by atoms with Crippen molar-refractivity contribution in [1.82, 2.24) is 9.97 Å². The summed E-state index contributed by atoms with van der Waals surface area (Å²) in [5.74, 6) is 0.0993. The molecule has 6 nitrogen and oxygen atoms in total. The average Bonchev–Trinajstić information content (AvgIpc) is 2.54. The van der Waals surface area contributed by atoms with E-state index in [4.69, 9.17) is 5.73 Å². The molecule has 0 bridgehead atoms. The molecule has 3 rings (SSSR count). The van der Waals surface area contributed by atoms with Crippen molar-refractivity contribution in [3.05, 3.63) is 47.7 Å². The van der Waals surface area contributed by atoms with Crippen LogP contribution in [-0.4, -0.2) is 27.0 Å². The lowest BCUT2D eigenvalue weighted by Gasteiger charge is -2.12. The molecule has 25 heavy (non-hydrogen) atoms. The molecule has 4 N–H and O–H groups in total. The summed E-state index contributed by atoms with van der Waals surface area (Å²) in [6, 6.07) is 8.81. The fraction of sp³-hybridized carbons (Fsp3) is 0.211. The number of hydrogen-bond acceptors (Lipinski definition) is 5. The van der Waals surface area contributed by atoms with Crippen LogP contribution in [0, 0.1) is 6.92 Å². The van der Waals surface area contributed by atoms with Gasteiger partial charge in [0.05, 0.1) is 5.52 Å². The Morgan fingerprint density at radius 2 is 1.96 bits per heavy atom. The van der Waals surface area contributed by atoms with Gasteiger partial charge in [0.1, 0.15) is 5.75 Å². The fourth-order valence-electron chi connectivity index (χ4n) is 2.68. The van der Waals surface area contributed by atoms with Gasteiger partial charge in [0.15, 0.2) is 0 Å². The first-order valence-electron chi connectivity index (χ1n) is 8.02. The molecule has 0 radical (unpaired) electrons. The van der Waals surface area contributed by atoms with Crippen LogP contribution >= 0.6 is 0 Å². The molecule has 0 atom stereocenters. The fourth-order valence-corrected chi connectivity index (χ4v) is 2.68. The first kappa shape index (κ1) is 16.7. The van der Waals surface area contributed by atoms with Gasteiger partial charge >= 0.3 is 0 Å². The number of phenolic OH excluding ortho intramolecular Hbond substituents is 1. The molecule has 0 fully saturated rings. The van der Waals surface area contributed by atoms with Crippen LogP contribution in [0.1, 0.15) is 29.8 Å². The van der Waals surface area contributed by atoms with Gasteiger partial charge in [0.2, 0.25) is 11.9 Å². The molecule has 0 unspecified atom stereocenters. The van der Waals surface area contributed by atoms with E-state index < -0.39 is 5.91 Å². The van der Waals surface area contributed by atoms with Gasteiger partial charge in [-0.1, -0.05) is 6.07 Å². The lowest BCUT2D eigenvalue weighted by Crippen LogP contribution is -2.12. The number of benzene rings is 2. The van der Waals surface area contributed by atoms with E-state index in [0.717, 1.165) is 16.5 Å². The van der Waals surface area contributed by atoms with Crippen molar-refractivity contribution in [3.8, 4) is 16.9 Å². The van der Waals surface area contributed by atoms with Crippen molar-refractivity contribution < 1.29 is 9.90 Å². The van der Waals surface area contributed by atoms with Crippen LogP contribution in [0.3, 0.4) is 0 Å². The zero-order valence-electron chi connectivity index (χ0n) is 14.4. The standard InChI is InChI=1S/C19H20N4O2/c1-10(2)22-19-21-9-13-7-15(17(24)8-16(13)23-19)14-6-12(18(20)25)5-4-11(14)3/h4-10,24H,1-3H3,(H2,20,25)(H,21,22,23). The summed E-state index contributed by atoms with van der Waals surface area (Å²) in [5, 5.41) is 14.4. The minimum Gasteiger partial charge on any atom is -0.507 e. The minimum absolute atomic E-state index is 0.0893. The molecule has 1 aromatic heterocycles. The molecular weight excluding hydrogens is 316 g/mol. The Morgan fingerprint density at radius 3 is 2.64 bits per heavy atom. The summed E-state index contributed by atoms with van der Waals surface area (Å²) in [6.45, 7) is 5.92. The Kier molecular flexibility index (Phi) is 4.27. The number of carbonyl (C=O) groups excluding carboxylic acids is 1. The van der Waals surface area contributed by atoms with Crippen LogP contribution in [0.15, 0.2) is 36.5 Å². The normalized spacial score (nSPS) is 11.0. The number of nitrogens with zero attached hydrogens (tertiary/aromatic N) is 2. The summed E-state index contributed by atoms with van der Waals surface area (Å²) < 4.78 is 0. The molecule has 3 aromatic rings. The van der Waals surface area contributed by atoms with Crippen molar-refractivity contribution >= 4 is 22.8 Å². The lowest BCUT2D eigenvalue weighted by molar-refractivity contribution is 0.100. The van der Waals surface area contributed by atoms with Gasteiger partial charge in [0.25, 0.3) is 0 Å². The quantitative estimate of drug-likeness (QED) is 0.679. The van der Waals surface area contributed by atoms with Gasteiger partial charge in [-0.05, 0) is 50.1 Å². The van der Waals surface area contributed by atoms with E-state index in [1.807, 2.05) is 32.9 Å². The number of anilines is 1. The Hall–Kier alpha value is -3.15. The molecule has 0 spiro atoms. The van der Waals surface area contributed by atoms with Crippen LogP contribution in [-0.2, 0) is 0 Å². The molecule has 2 aromatic carbocycles. The number of phenols is 1. The number of primary amides is 1. The molecule has 1 heterocycles. The molecule has 0 aliphatic carbocycles. The third-order valence-electron chi connectivity index (χ3n) is 3.93. The maximum Gasteiger partial charge on any atom is 0.248 e. The highest BCUT2D eigenvalue weighted by molar-refractivity contribution is 5.96. The highest BCUT2D eigenvalue weighted by Crippen LogP contribution is 2.35. The van der Waals surface area contributed by atoms with Gasteiger partial charge in [-0.25, -0.2) is 9.97 Å². The number of nitrogens with one attached hydrogen (secondary N) is 1. The maximum absolute atomic E-state index is 11.5. The van der Waals surface area contributed by atoms with Crippen LogP contribution in [0.4, 0.5) is 5.95 Å². The number of nitrogens with two attached hydrogens (primary N) is 1. The van der Waals surface area contributed by atoms with Crippen LogP contribution in [0.5, 0.6) is 5.75 Å². The van der Waals surface area contributed by atoms with E-state index in [9.17, 15) is 9.90 Å². The number of hydrogen-bond donors (Lipinski definition) is 3. The zero-order chi connectivity index (χ0) is 18.1. The first-order chi connectivity index (χ1) is 11.8. The summed E-state index contributed by atoms with van der Waals surface area (Å²) >= 11 is 0. The second kappa shape index (κ2) is 6.39. The summed E-state index contributed by atoms with van der Waals surface area (Å²) in [4.78, 5) is 20.2. The summed E-state index contributed by atoms with van der Waals surface area (Å²) in [6.07, 6.45) is 1.71. The minimum atomic E-state index is -0.505. The Labute approximate surface area is 145 Å². The topological polar surface area (TPSA) is 101 Å². The molecule has 1 amide bonds. The van der Waals surface area contributed by atoms with Gasteiger partial charge in [-0.3, -0.25) is 4.79 Å². The number of fused-ring (bicyclic) bond motifs is 1. The smallest absolute Gasteiger partial charge is 0.248 e. The number of carbonyl (C=O) groups is 1. The van der Waals surface area contributed by atoms with E-state index in [2.05, 4.69) is 15.3 Å². The molecule has 0 aliphatic heterocycles. The van der Waals surface area contributed by atoms with Gasteiger partial charge < -0.3 is 16.2 Å². The number of rotatable bonds is 4. The van der Waals surface area contributed by atoms with Crippen molar-refractivity contribution in [2.75, 3.05) is 5.32 Å². The van der Waals surface area contributed by atoms with Gasteiger partial charge in [-0.2, -0.15) is 0 Å². The van der Waals surface area contributed by atoms with Crippen molar-refractivity contribution in [2.24, 2.45) is 5.73 Å². The second-order valence-corrected chi connectivity index (χ2v) is 6.31. The number of amides is 1. The molecule has 0 aliphatic rings. The molecular formula is C19H20N4O2. The van der Waals surface area contributed by atoms with Crippen LogP contribution in [0.2, 0.25) is 0 Å². The van der Waals surface area contributed by atoms with Crippen molar-refractivity contribution in [3.63, 3.8) is 0 Å². The summed E-state index contributed by atoms with van der Waals surface area (Å²) in [5.41, 5.74) is 8.70. The monoisotopic (exact) mass is 336 g/mol. The largest absolute Gasteiger partial charge is 0.507 e. The summed E-state index contributed by atoms with van der Waals surface area (Å²) in [7, 11) is 0. The van der Waals surface area contributed by atoms with E-state index >= 15 is 0 Å². The Balaban J connectivity index is 2.13. The number of aromatic hydroxyl groups is 1. The number of aromatic nitrogens is 2. The third kappa shape index (κ3) is 3.38. The van der Waals surface area contributed by atoms with Gasteiger partial charge in [0, 0.05) is 34.8 Å². The molecule has 6 heteroatoms. The van der Waals surface area contributed by atoms with Crippen LogP contribution in [0.25, 0.3) is 22.0 Å². The predicted octanol–water partition coefficient (Wildman–Crippen LogP) is 3.23. The lowest BCUT2D eigenvalue weighted by atomic mass is 9.96. The Morgan fingerprint density at radius 1 is 1.20 bits per heavy atom. The Bertz CT molecular complexity index is 967. The second-order valence-electron chi connectivity index (χ2n) is 6.31. The van der Waals surface area contributed by atoms with E-state index in [1.165, 1.54) is 0 Å². The van der Waals surface area contributed by atoms with Gasteiger partial charge in [-0.15, -0.1) is 0 Å². The highest BCUT2D eigenvalue weighted by Gasteiger charge is 2.13. The molecule has 0 saturated carbocycles. The number of aryl methyl sites for hydroxylation is 1. The maximum atomic E-state index is 11.5. The van der Waals surface area contributed by atoms with E-state index in [0.29, 0.717) is 22.6 Å². The molecule has 128 valence electrons.